The lowest BCUT2D eigenvalue weighted by Gasteiger charge is -2.23. The van der Waals surface area contributed by atoms with E-state index in [-0.39, 0.29) is 24.9 Å². The summed E-state index contributed by atoms with van der Waals surface area (Å²) >= 11 is 0. The van der Waals surface area contributed by atoms with Crippen LogP contribution in [0.5, 0.6) is 0 Å². The second kappa shape index (κ2) is 5.51. The van der Waals surface area contributed by atoms with Crippen molar-refractivity contribution in [3.63, 3.8) is 0 Å². The minimum Gasteiger partial charge on any atom is -0.465 e. The van der Waals surface area contributed by atoms with Crippen LogP contribution in [0.25, 0.3) is 0 Å². The van der Waals surface area contributed by atoms with Gasteiger partial charge in [0.15, 0.2) is 12.7 Å². The Morgan fingerprint density at radius 3 is 2.45 bits per heavy atom. The SMILES string of the molecule is COC(=O)[C@@H]1C[C@@H](O)C[NH+]1CN1C(=O)c2ccccc2C1=O. The number of benzene rings is 1. The third kappa shape index (κ3) is 2.28. The summed E-state index contributed by atoms with van der Waals surface area (Å²) in [6, 6.07) is 6.07. The fourth-order valence-electron chi connectivity index (χ4n) is 3.13. The Hall–Kier alpha value is -2.25. The summed E-state index contributed by atoms with van der Waals surface area (Å²) in [5, 5.41) is 9.78. The average molecular weight is 305 g/mol. The molecule has 0 aromatic heterocycles. The molecular formula is C15H17N2O5+. The lowest BCUT2D eigenvalue weighted by molar-refractivity contribution is -0.912. The molecule has 2 aliphatic heterocycles. The lowest BCUT2D eigenvalue weighted by Crippen LogP contribution is -3.16. The van der Waals surface area contributed by atoms with Crippen LogP contribution in [0.3, 0.4) is 0 Å². The Morgan fingerprint density at radius 1 is 1.32 bits per heavy atom. The Balaban J connectivity index is 1.81. The van der Waals surface area contributed by atoms with Crippen molar-refractivity contribution in [1.82, 2.24) is 4.90 Å². The van der Waals surface area contributed by atoms with Crippen molar-refractivity contribution in [2.75, 3.05) is 20.3 Å². The van der Waals surface area contributed by atoms with Crippen molar-refractivity contribution in [2.24, 2.45) is 0 Å². The molecule has 2 heterocycles. The van der Waals surface area contributed by atoms with Gasteiger partial charge in [0.2, 0.25) is 0 Å². The topological polar surface area (TPSA) is 88.3 Å². The van der Waals surface area contributed by atoms with Gasteiger partial charge in [0.25, 0.3) is 11.8 Å². The molecule has 2 amide bonds. The molecule has 3 rings (SSSR count). The van der Waals surface area contributed by atoms with Crippen LogP contribution in [-0.4, -0.2) is 60.3 Å². The smallest absolute Gasteiger partial charge is 0.364 e. The predicted molar refractivity (Wildman–Crippen MR) is 74.1 cm³/mol. The number of imide groups is 1. The summed E-state index contributed by atoms with van der Waals surface area (Å²) < 4.78 is 4.73. The number of hydrogen-bond donors (Lipinski definition) is 2. The van der Waals surface area contributed by atoms with Crippen LogP contribution < -0.4 is 4.90 Å². The Morgan fingerprint density at radius 2 is 1.91 bits per heavy atom. The van der Waals surface area contributed by atoms with Gasteiger partial charge in [-0.25, -0.2) is 9.69 Å². The maximum atomic E-state index is 12.3. The second-order valence-electron chi connectivity index (χ2n) is 5.57. The largest absolute Gasteiger partial charge is 0.465 e. The molecule has 1 saturated heterocycles. The molecular weight excluding hydrogens is 288 g/mol. The van der Waals surface area contributed by atoms with Crippen molar-refractivity contribution in [3.8, 4) is 0 Å². The van der Waals surface area contributed by atoms with Crippen LogP contribution in [0, 0.1) is 0 Å². The molecule has 0 bridgehead atoms. The fourth-order valence-corrected chi connectivity index (χ4v) is 3.13. The third-order valence-corrected chi connectivity index (χ3v) is 4.22. The summed E-state index contributed by atoms with van der Waals surface area (Å²) in [7, 11) is 1.28. The summed E-state index contributed by atoms with van der Waals surface area (Å²) in [5.41, 5.74) is 0.752. The molecule has 0 aliphatic carbocycles. The van der Waals surface area contributed by atoms with Crippen molar-refractivity contribution < 1.29 is 29.1 Å². The van der Waals surface area contributed by atoms with E-state index in [1.807, 2.05) is 0 Å². The van der Waals surface area contributed by atoms with Gasteiger partial charge in [0, 0.05) is 6.42 Å². The highest BCUT2D eigenvalue weighted by Crippen LogP contribution is 2.21. The highest BCUT2D eigenvalue weighted by atomic mass is 16.5. The first-order valence-corrected chi connectivity index (χ1v) is 7.08. The highest BCUT2D eigenvalue weighted by Gasteiger charge is 2.45. The van der Waals surface area contributed by atoms with Gasteiger partial charge < -0.3 is 14.7 Å². The molecule has 0 spiro atoms. The molecule has 1 unspecified atom stereocenters. The maximum absolute atomic E-state index is 12.3. The van der Waals surface area contributed by atoms with Gasteiger partial charge in [0.1, 0.15) is 12.6 Å². The van der Waals surface area contributed by atoms with E-state index in [0.29, 0.717) is 22.6 Å². The molecule has 0 saturated carbocycles. The number of hydrogen-bond acceptors (Lipinski definition) is 5. The van der Waals surface area contributed by atoms with Crippen molar-refractivity contribution >= 4 is 17.8 Å². The summed E-state index contributed by atoms with van der Waals surface area (Å²) in [4.78, 5) is 38.2. The van der Waals surface area contributed by atoms with Gasteiger partial charge in [0.05, 0.1) is 18.2 Å². The number of esters is 1. The van der Waals surface area contributed by atoms with E-state index in [1.54, 1.807) is 24.3 Å². The zero-order valence-corrected chi connectivity index (χ0v) is 12.1. The molecule has 1 aromatic rings. The van der Waals surface area contributed by atoms with Gasteiger partial charge in [-0.3, -0.25) is 9.59 Å². The number of ether oxygens (including phenoxy) is 1. The third-order valence-electron chi connectivity index (χ3n) is 4.22. The molecule has 2 N–H and O–H groups in total. The Bertz CT molecular complexity index is 610. The molecule has 0 radical (unpaired) electrons. The molecule has 1 fully saturated rings. The van der Waals surface area contributed by atoms with Gasteiger partial charge in [-0.05, 0) is 12.1 Å². The Labute approximate surface area is 127 Å². The monoisotopic (exact) mass is 305 g/mol. The van der Waals surface area contributed by atoms with Gasteiger partial charge in [-0.2, -0.15) is 0 Å². The van der Waals surface area contributed by atoms with Gasteiger partial charge in [-0.15, -0.1) is 0 Å². The van der Waals surface area contributed by atoms with E-state index in [1.165, 1.54) is 7.11 Å². The molecule has 7 nitrogen and oxygen atoms in total. The minimum absolute atomic E-state index is 0.0448. The van der Waals surface area contributed by atoms with Crippen LogP contribution in [0.15, 0.2) is 24.3 Å². The number of methoxy groups -OCH3 is 1. The second-order valence-corrected chi connectivity index (χ2v) is 5.57. The number of fused-ring (bicyclic) bond motifs is 1. The number of amides is 2. The fraction of sp³-hybridized carbons (Fsp3) is 0.400. The van der Waals surface area contributed by atoms with E-state index in [9.17, 15) is 19.5 Å². The van der Waals surface area contributed by atoms with Gasteiger partial charge >= 0.3 is 5.97 Å². The summed E-state index contributed by atoms with van der Waals surface area (Å²) in [6.45, 7) is 0.344. The van der Waals surface area contributed by atoms with Crippen LogP contribution in [0.1, 0.15) is 27.1 Å². The summed E-state index contributed by atoms with van der Waals surface area (Å²) in [5.74, 6) is -1.17. The van der Waals surface area contributed by atoms with Crippen LogP contribution in [0.4, 0.5) is 0 Å². The number of aliphatic hydroxyl groups is 1. The lowest BCUT2D eigenvalue weighted by atomic mass is 10.1. The molecule has 1 aromatic carbocycles. The number of carbonyl (C=O) groups is 3. The average Bonchev–Trinajstić information content (AvgIpc) is 3.01. The highest BCUT2D eigenvalue weighted by molar-refractivity contribution is 6.21. The van der Waals surface area contributed by atoms with E-state index in [0.717, 1.165) is 4.90 Å². The molecule has 7 heteroatoms. The van der Waals surface area contributed by atoms with E-state index in [4.69, 9.17) is 4.74 Å². The molecule has 22 heavy (non-hydrogen) atoms. The first kappa shape index (κ1) is 14.7. The van der Waals surface area contributed by atoms with Crippen LogP contribution in [0.2, 0.25) is 0 Å². The maximum Gasteiger partial charge on any atom is 0.364 e. The van der Waals surface area contributed by atoms with Crippen LogP contribution in [-0.2, 0) is 9.53 Å². The first-order chi connectivity index (χ1) is 10.5. The normalized spacial score (nSPS) is 27.2. The summed E-state index contributed by atoms with van der Waals surface area (Å²) in [6.07, 6.45) is -0.375. The number of aliphatic hydroxyl groups excluding tert-OH is 1. The van der Waals surface area contributed by atoms with Crippen molar-refractivity contribution in [2.45, 2.75) is 18.6 Å². The van der Waals surface area contributed by atoms with E-state index >= 15 is 0 Å². The standard InChI is InChI=1S/C15H16N2O5/c1-22-15(21)12-6-9(18)7-16(12)8-17-13(19)10-4-2-3-5-11(10)14(17)20/h2-5,9,12,18H,6-8H2,1H3/p+1/t9-,12+/m1/s1. The predicted octanol–water partition coefficient (Wildman–Crippen LogP) is -1.57. The zero-order valence-electron chi connectivity index (χ0n) is 12.1. The number of carbonyl (C=O) groups excluding carboxylic acids is 3. The molecule has 116 valence electrons. The zero-order chi connectivity index (χ0) is 15.9. The van der Waals surface area contributed by atoms with Crippen LogP contribution >= 0.6 is 0 Å². The quantitative estimate of drug-likeness (QED) is 0.520. The molecule has 2 aliphatic rings. The van der Waals surface area contributed by atoms with E-state index < -0.39 is 18.1 Å². The van der Waals surface area contributed by atoms with Crippen molar-refractivity contribution in [3.05, 3.63) is 35.4 Å². The van der Waals surface area contributed by atoms with Crippen molar-refractivity contribution in [1.29, 1.82) is 0 Å². The number of rotatable bonds is 3. The molecule has 3 atom stereocenters. The number of nitrogens with zero attached hydrogens (tertiary/aromatic N) is 1. The number of quaternary nitrogens is 1. The first-order valence-electron chi connectivity index (χ1n) is 7.08. The Kier molecular flexibility index (Phi) is 3.67. The minimum atomic E-state index is -0.644. The number of nitrogens with one attached hydrogen (secondary N) is 1. The van der Waals surface area contributed by atoms with E-state index in [2.05, 4.69) is 0 Å². The van der Waals surface area contributed by atoms with Gasteiger partial charge in [-0.1, -0.05) is 12.1 Å². The number of likely N-dealkylation sites (tertiary alicyclic amines) is 1.